The van der Waals surface area contributed by atoms with E-state index in [1.54, 1.807) is 25.2 Å². The van der Waals surface area contributed by atoms with Crippen molar-refractivity contribution in [2.24, 2.45) is 0 Å². The monoisotopic (exact) mass is 262 g/mol. The molecule has 5 nitrogen and oxygen atoms in total. The van der Waals surface area contributed by atoms with Crippen LogP contribution in [0.5, 0.6) is 0 Å². The molecule has 0 fully saturated rings. The van der Waals surface area contributed by atoms with Crippen molar-refractivity contribution in [3.63, 3.8) is 0 Å². The van der Waals surface area contributed by atoms with E-state index in [-0.39, 0.29) is 12.0 Å². The average Bonchev–Trinajstić information content (AvgIpc) is 2.37. The molecule has 4 N–H and O–H groups in total. The molecule has 0 spiro atoms. The Hall–Kier alpha value is -1.69. The standard InChI is InChI=1S/C14H18N2O3/c1-8-5-12(17)10-6-9(3-4-11(10)16-8)14(19)13(18)7-15-2/h3-6,13-15,18-19H,7H2,1-2H3,(H,16,17). The molecule has 0 saturated carbocycles. The van der Waals surface area contributed by atoms with Crippen LogP contribution in [0.4, 0.5) is 0 Å². The van der Waals surface area contributed by atoms with Crippen molar-refractivity contribution in [3.8, 4) is 0 Å². The molecule has 2 aromatic rings. The Morgan fingerprint density at radius 3 is 2.74 bits per heavy atom. The molecule has 5 heteroatoms. The maximum Gasteiger partial charge on any atom is 0.189 e. The number of aromatic amines is 1. The Morgan fingerprint density at radius 2 is 2.05 bits per heavy atom. The molecule has 0 aliphatic carbocycles. The van der Waals surface area contributed by atoms with Crippen LogP contribution < -0.4 is 10.7 Å². The van der Waals surface area contributed by atoms with Crippen molar-refractivity contribution in [1.82, 2.24) is 10.3 Å². The van der Waals surface area contributed by atoms with Gasteiger partial charge < -0.3 is 20.5 Å². The highest BCUT2D eigenvalue weighted by atomic mass is 16.3. The van der Waals surface area contributed by atoms with Crippen LogP contribution in [0.15, 0.2) is 29.1 Å². The van der Waals surface area contributed by atoms with Crippen molar-refractivity contribution < 1.29 is 10.2 Å². The summed E-state index contributed by atoms with van der Waals surface area (Å²) in [4.78, 5) is 15.0. The fourth-order valence-corrected chi connectivity index (χ4v) is 2.12. The van der Waals surface area contributed by atoms with Crippen molar-refractivity contribution in [3.05, 3.63) is 45.7 Å². The predicted octanol–water partition coefficient (Wildman–Crippen LogP) is 0.450. The van der Waals surface area contributed by atoms with Gasteiger partial charge in [-0.2, -0.15) is 0 Å². The van der Waals surface area contributed by atoms with Gasteiger partial charge in [0.25, 0.3) is 0 Å². The zero-order valence-corrected chi connectivity index (χ0v) is 11.0. The van der Waals surface area contributed by atoms with Gasteiger partial charge in [-0.25, -0.2) is 0 Å². The second kappa shape index (κ2) is 5.52. The number of hydrogen-bond donors (Lipinski definition) is 4. The third kappa shape index (κ3) is 2.84. The van der Waals surface area contributed by atoms with Crippen LogP contribution in [0.25, 0.3) is 10.9 Å². The topological polar surface area (TPSA) is 85.3 Å². The van der Waals surface area contributed by atoms with Gasteiger partial charge in [-0.1, -0.05) is 6.07 Å². The summed E-state index contributed by atoms with van der Waals surface area (Å²) in [6.07, 6.45) is -1.93. The summed E-state index contributed by atoms with van der Waals surface area (Å²) < 4.78 is 0. The fraction of sp³-hybridized carbons (Fsp3) is 0.357. The third-order valence-corrected chi connectivity index (χ3v) is 3.11. The fourth-order valence-electron chi connectivity index (χ4n) is 2.12. The molecular weight excluding hydrogens is 244 g/mol. The highest BCUT2D eigenvalue weighted by Crippen LogP contribution is 2.20. The van der Waals surface area contributed by atoms with Crippen LogP contribution in [-0.2, 0) is 0 Å². The molecule has 2 unspecified atom stereocenters. The number of aryl methyl sites for hydroxylation is 1. The lowest BCUT2D eigenvalue weighted by molar-refractivity contribution is 0.0203. The van der Waals surface area contributed by atoms with Crippen LogP contribution in [0.3, 0.4) is 0 Å². The Labute approximate surface area is 110 Å². The SMILES string of the molecule is CNCC(O)C(O)c1ccc2[nH]c(C)cc(=O)c2c1. The summed E-state index contributed by atoms with van der Waals surface area (Å²) in [5.74, 6) is 0. The smallest absolute Gasteiger partial charge is 0.189 e. The lowest BCUT2D eigenvalue weighted by Gasteiger charge is -2.18. The number of hydrogen-bond acceptors (Lipinski definition) is 4. The van der Waals surface area contributed by atoms with Crippen LogP contribution >= 0.6 is 0 Å². The molecule has 19 heavy (non-hydrogen) atoms. The largest absolute Gasteiger partial charge is 0.389 e. The van der Waals surface area contributed by atoms with Crippen molar-refractivity contribution >= 4 is 10.9 Å². The summed E-state index contributed by atoms with van der Waals surface area (Å²) in [5, 5.41) is 23.1. The summed E-state index contributed by atoms with van der Waals surface area (Å²) in [6.45, 7) is 2.10. The van der Waals surface area contributed by atoms with E-state index in [1.807, 2.05) is 6.92 Å². The first-order chi connectivity index (χ1) is 9.02. The lowest BCUT2D eigenvalue weighted by atomic mass is 10.0. The van der Waals surface area contributed by atoms with Crippen molar-refractivity contribution in [1.29, 1.82) is 0 Å². The van der Waals surface area contributed by atoms with Crippen LogP contribution in [0.2, 0.25) is 0 Å². The van der Waals surface area contributed by atoms with E-state index in [0.717, 1.165) is 11.2 Å². The quantitative estimate of drug-likeness (QED) is 0.644. The molecule has 2 atom stereocenters. The van der Waals surface area contributed by atoms with Gasteiger partial charge in [0.15, 0.2) is 5.43 Å². The molecule has 0 aliphatic heterocycles. The van der Waals surface area contributed by atoms with Crippen LogP contribution in [-0.4, -0.2) is 34.9 Å². The Bertz CT molecular complexity index is 636. The van der Waals surface area contributed by atoms with Gasteiger partial charge in [-0.05, 0) is 31.7 Å². The minimum Gasteiger partial charge on any atom is -0.389 e. The Balaban J connectivity index is 2.44. The predicted molar refractivity (Wildman–Crippen MR) is 74.2 cm³/mol. The summed E-state index contributed by atoms with van der Waals surface area (Å²) in [7, 11) is 1.70. The number of benzene rings is 1. The maximum absolute atomic E-state index is 11.9. The first kappa shape index (κ1) is 13.7. The normalized spacial score (nSPS) is 14.5. The van der Waals surface area contributed by atoms with Gasteiger partial charge in [0.05, 0.1) is 6.10 Å². The van der Waals surface area contributed by atoms with E-state index in [9.17, 15) is 15.0 Å². The third-order valence-electron chi connectivity index (χ3n) is 3.11. The number of aliphatic hydroxyl groups is 2. The van der Waals surface area contributed by atoms with Gasteiger partial charge in [0.2, 0.25) is 0 Å². The van der Waals surface area contributed by atoms with E-state index in [4.69, 9.17) is 0 Å². The Kier molecular flexibility index (Phi) is 3.99. The van der Waals surface area contributed by atoms with E-state index in [1.165, 1.54) is 6.07 Å². The van der Waals surface area contributed by atoms with Gasteiger partial charge in [-0.15, -0.1) is 0 Å². The van der Waals surface area contributed by atoms with E-state index in [2.05, 4.69) is 10.3 Å². The Morgan fingerprint density at radius 1 is 1.32 bits per heavy atom. The van der Waals surface area contributed by atoms with Crippen LogP contribution in [0.1, 0.15) is 17.4 Å². The maximum atomic E-state index is 11.9. The highest BCUT2D eigenvalue weighted by Gasteiger charge is 2.18. The van der Waals surface area contributed by atoms with Crippen molar-refractivity contribution in [2.75, 3.05) is 13.6 Å². The molecule has 0 bridgehead atoms. The summed E-state index contributed by atoms with van der Waals surface area (Å²) in [6, 6.07) is 6.59. The van der Waals surface area contributed by atoms with Gasteiger partial charge in [0.1, 0.15) is 6.10 Å². The van der Waals surface area contributed by atoms with Gasteiger partial charge >= 0.3 is 0 Å². The van der Waals surface area contributed by atoms with Gasteiger partial charge in [0, 0.05) is 29.2 Å². The van der Waals surface area contributed by atoms with E-state index < -0.39 is 12.2 Å². The molecule has 0 saturated heterocycles. The molecule has 1 heterocycles. The molecule has 1 aromatic heterocycles. The second-order valence-corrected chi connectivity index (χ2v) is 4.69. The average molecular weight is 262 g/mol. The number of aromatic nitrogens is 1. The minimum atomic E-state index is -1.02. The number of H-pyrrole nitrogens is 1. The number of fused-ring (bicyclic) bond motifs is 1. The zero-order chi connectivity index (χ0) is 14.0. The summed E-state index contributed by atoms with van der Waals surface area (Å²) >= 11 is 0. The highest BCUT2D eigenvalue weighted by molar-refractivity contribution is 5.79. The number of aliphatic hydroxyl groups excluding tert-OH is 2. The molecule has 0 amide bonds. The first-order valence-corrected chi connectivity index (χ1v) is 6.17. The zero-order valence-electron chi connectivity index (χ0n) is 11.0. The first-order valence-electron chi connectivity index (χ1n) is 6.17. The molecule has 2 rings (SSSR count). The number of likely N-dealkylation sites (N-methyl/N-ethyl adjacent to an activating group) is 1. The molecule has 0 radical (unpaired) electrons. The van der Waals surface area contributed by atoms with Crippen molar-refractivity contribution in [2.45, 2.75) is 19.1 Å². The summed E-state index contributed by atoms with van der Waals surface area (Å²) in [5.41, 5.74) is 1.96. The lowest BCUT2D eigenvalue weighted by Crippen LogP contribution is -2.29. The van der Waals surface area contributed by atoms with Gasteiger partial charge in [-0.3, -0.25) is 4.79 Å². The molecule has 0 aliphatic rings. The molecule has 1 aromatic carbocycles. The minimum absolute atomic E-state index is 0.0941. The number of rotatable bonds is 4. The molecular formula is C14H18N2O3. The molecule has 102 valence electrons. The van der Waals surface area contributed by atoms with Crippen LogP contribution in [0, 0.1) is 6.92 Å². The number of nitrogens with one attached hydrogen (secondary N) is 2. The van der Waals surface area contributed by atoms with E-state index >= 15 is 0 Å². The van der Waals surface area contributed by atoms with E-state index in [0.29, 0.717) is 10.9 Å². The second-order valence-electron chi connectivity index (χ2n) is 4.69. The number of pyridine rings is 1.